The number of nitrogens with one attached hydrogen (secondary N) is 1. The molecule has 3 heterocycles. The number of carbonyl (C=O) groups is 1. The number of carbonyl (C=O) groups excluding carboxylic acids is 1. The Labute approximate surface area is 133 Å². The van der Waals surface area contributed by atoms with E-state index in [0.29, 0.717) is 6.42 Å². The normalized spacial score (nSPS) is 11.3. The Kier molecular flexibility index (Phi) is 3.94. The third kappa shape index (κ3) is 2.62. The second kappa shape index (κ2) is 5.88. The van der Waals surface area contributed by atoms with E-state index in [4.69, 9.17) is 0 Å². The minimum absolute atomic E-state index is 0.161. The first-order valence-electron chi connectivity index (χ1n) is 7.30. The number of Topliss-reactive ketones (excluding diaryl/α,β-unsaturated/α-hetero) is 1. The summed E-state index contributed by atoms with van der Waals surface area (Å²) in [4.78, 5) is 18.2. The predicted octanol–water partition coefficient (Wildman–Crippen LogP) is 3.70. The monoisotopic (exact) mass is 314 g/mol. The molecule has 0 aliphatic rings. The van der Waals surface area contributed by atoms with Crippen LogP contribution in [-0.2, 0) is 0 Å². The summed E-state index contributed by atoms with van der Waals surface area (Å²) in [6, 6.07) is 2.30. The molecule has 0 spiro atoms. The van der Waals surface area contributed by atoms with Crippen molar-refractivity contribution in [2.45, 2.75) is 33.2 Å². The van der Waals surface area contributed by atoms with Gasteiger partial charge >= 0.3 is 0 Å². The van der Waals surface area contributed by atoms with Crippen LogP contribution >= 0.6 is 11.3 Å². The Hall–Kier alpha value is -2.21. The number of hydrogen-bond acceptors (Lipinski definition) is 5. The maximum atomic E-state index is 12.0. The van der Waals surface area contributed by atoms with Gasteiger partial charge in [-0.25, -0.2) is 4.98 Å². The van der Waals surface area contributed by atoms with Gasteiger partial charge in [-0.05, 0) is 25.3 Å². The summed E-state index contributed by atoms with van der Waals surface area (Å²) < 4.78 is 0. The molecular weight excluding hydrogens is 296 g/mol. The van der Waals surface area contributed by atoms with Crippen molar-refractivity contribution in [3.63, 3.8) is 0 Å². The van der Waals surface area contributed by atoms with Gasteiger partial charge in [-0.15, -0.1) is 0 Å². The smallest absolute Gasteiger partial charge is 0.180 e. The van der Waals surface area contributed by atoms with Crippen LogP contribution in [-0.4, -0.2) is 26.7 Å². The largest absolute Gasteiger partial charge is 0.305 e. The van der Waals surface area contributed by atoms with Gasteiger partial charge in [0.05, 0.1) is 6.20 Å². The van der Waals surface area contributed by atoms with Crippen LogP contribution < -0.4 is 5.43 Å². The van der Waals surface area contributed by atoms with Crippen molar-refractivity contribution < 1.29 is 4.79 Å². The van der Waals surface area contributed by atoms with Gasteiger partial charge in [0.15, 0.2) is 11.4 Å². The summed E-state index contributed by atoms with van der Waals surface area (Å²) in [6.07, 6.45) is 4.10. The van der Waals surface area contributed by atoms with Crippen molar-refractivity contribution in [2.75, 3.05) is 5.43 Å². The molecule has 3 rings (SSSR count). The molecular formula is C16H18N4OS. The molecule has 22 heavy (non-hydrogen) atoms. The number of aromatic nitrogens is 3. The van der Waals surface area contributed by atoms with Crippen molar-refractivity contribution in [3.05, 3.63) is 34.8 Å². The van der Waals surface area contributed by atoms with Crippen molar-refractivity contribution >= 4 is 28.2 Å². The number of ketones is 1. The Balaban J connectivity index is 2.03. The molecule has 3 aromatic heterocycles. The Morgan fingerprint density at radius 2 is 2.18 bits per heavy atom. The first kappa shape index (κ1) is 14.7. The number of thiophene rings is 1. The third-order valence-corrected chi connectivity index (χ3v) is 4.13. The minimum Gasteiger partial charge on any atom is -0.305 e. The molecule has 0 saturated carbocycles. The molecule has 3 aromatic rings. The highest BCUT2D eigenvalue weighted by atomic mass is 32.1. The van der Waals surface area contributed by atoms with Gasteiger partial charge in [0.2, 0.25) is 0 Å². The molecule has 0 radical (unpaired) electrons. The highest BCUT2D eigenvalue weighted by Gasteiger charge is 2.14. The number of hydrogen-bond donors (Lipinski definition) is 1. The fourth-order valence-corrected chi connectivity index (χ4v) is 3.20. The first-order valence-corrected chi connectivity index (χ1v) is 8.24. The quantitative estimate of drug-likeness (QED) is 0.729. The van der Waals surface area contributed by atoms with Crippen LogP contribution in [0.1, 0.15) is 37.6 Å². The first-order chi connectivity index (χ1) is 10.6. The molecule has 0 saturated heterocycles. The number of rotatable bonds is 5. The van der Waals surface area contributed by atoms with Crippen LogP contribution in [0.5, 0.6) is 0 Å². The van der Waals surface area contributed by atoms with Gasteiger partial charge in [-0.1, -0.05) is 6.92 Å². The summed E-state index contributed by atoms with van der Waals surface area (Å²) in [5.74, 6) is 0.161. The van der Waals surface area contributed by atoms with E-state index in [1.54, 1.807) is 28.5 Å². The Bertz CT molecular complexity index is 819. The van der Waals surface area contributed by atoms with E-state index in [-0.39, 0.29) is 11.8 Å². The van der Waals surface area contributed by atoms with E-state index < -0.39 is 0 Å². The molecule has 5 nitrogen and oxygen atoms in total. The van der Waals surface area contributed by atoms with Crippen LogP contribution in [0, 0.1) is 0 Å². The van der Waals surface area contributed by atoms with E-state index in [1.807, 2.05) is 23.8 Å². The highest BCUT2D eigenvalue weighted by molar-refractivity contribution is 7.08. The average Bonchev–Trinajstić information content (AvgIpc) is 3.13. The van der Waals surface area contributed by atoms with Crippen molar-refractivity contribution in [2.24, 2.45) is 0 Å². The number of nitrogens with zero attached hydrogens (tertiary/aromatic N) is 3. The lowest BCUT2D eigenvalue weighted by atomic mass is 10.0. The summed E-state index contributed by atoms with van der Waals surface area (Å²) in [6.45, 7) is 5.98. The molecule has 0 aromatic carbocycles. The van der Waals surface area contributed by atoms with Crippen molar-refractivity contribution in [3.8, 4) is 11.1 Å². The zero-order valence-electron chi connectivity index (χ0n) is 12.8. The lowest BCUT2D eigenvalue weighted by Gasteiger charge is -2.10. The zero-order valence-corrected chi connectivity index (χ0v) is 13.6. The standard InChI is InChI=1S/C16H18N4OS/c1-4-15(21)14-9-22-8-13(14)11-5-12-7-18-20(19-10(2)3)16(12)17-6-11/h5-10,19H,4H2,1-3H3. The lowest BCUT2D eigenvalue weighted by molar-refractivity contribution is 0.0989. The number of pyridine rings is 1. The van der Waals surface area contributed by atoms with Gasteiger partial charge in [-0.2, -0.15) is 21.2 Å². The van der Waals surface area contributed by atoms with Gasteiger partial charge in [0, 0.05) is 46.1 Å². The molecule has 0 aliphatic heterocycles. The molecule has 114 valence electrons. The molecule has 0 atom stereocenters. The fraction of sp³-hybridized carbons (Fsp3) is 0.312. The van der Waals surface area contributed by atoms with Gasteiger partial charge < -0.3 is 5.43 Å². The van der Waals surface area contributed by atoms with Crippen LogP contribution in [0.15, 0.2) is 29.2 Å². The molecule has 6 heteroatoms. The van der Waals surface area contributed by atoms with E-state index in [1.165, 1.54) is 0 Å². The van der Waals surface area contributed by atoms with E-state index >= 15 is 0 Å². The summed E-state index contributed by atoms with van der Waals surface area (Å²) in [5, 5.41) is 9.18. The summed E-state index contributed by atoms with van der Waals surface area (Å²) >= 11 is 1.54. The second-order valence-corrected chi connectivity index (χ2v) is 6.20. The van der Waals surface area contributed by atoms with Gasteiger partial charge in [0.25, 0.3) is 0 Å². The maximum absolute atomic E-state index is 12.0. The van der Waals surface area contributed by atoms with Crippen LogP contribution in [0.25, 0.3) is 22.2 Å². The molecule has 0 aliphatic carbocycles. The number of fused-ring (bicyclic) bond motifs is 1. The Morgan fingerprint density at radius 3 is 2.91 bits per heavy atom. The average molecular weight is 314 g/mol. The topological polar surface area (TPSA) is 59.8 Å². The molecule has 0 bridgehead atoms. The van der Waals surface area contributed by atoms with Crippen molar-refractivity contribution in [1.82, 2.24) is 14.9 Å². The SMILES string of the molecule is CCC(=O)c1cscc1-c1cnc2c(cnn2NC(C)C)c1. The predicted molar refractivity (Wildman–Crippen MR) is 90.0 cm³/mol. The third-order valence-electron chi connectivity index (χ3n) is 3.38. The maximum Gasteiger partial charge on any atom is 0.180 e. The van der Waals surface area contributed by atoms with Crippen LogP contribution in [0.3, 0.4) is 0 Å². The van der Waals surface area contributed by atoms with E-state index in [2.05, 4.69) is 29.4 Å². The van der Waals surface area contributed by atoms with E-state index in [0.717, 1.165) is 27.7 Å². The molecule has 1 N–H and O–H groups in total. The zero-order chi connectivity index (χ0) is 15.7. The highest BCUT2D eigenvalue weighted by Crippen LogP contribution is 2.29. The van der Waals surface area contributed by atoms with E-state index in [9.17, 15) is 4.79 Å². The van der Waals surface area contributed by atoms with Crippen molar-refractivity contribution in [1.29, 1.82) is 0 Å². The minimum atomic E-state index is 0.161. The lowest BCUT2D eigenvalue weighted by Crippen LogP contribution is -2.23. The fourth-order valence-electron chi connectivity index (χ4n) is 2.33. The van der Waals surface area contributed by atoms with Gasteiger partial charge in [0.1, 0.15) is 0 Å². The molecule has 0 unspecified atom stereocenters. The Morgan fingerprint density at radius 1 is 1.36 bits per heavy atom. The molecule has 0 amide bonds. The molecule has 0 fully saturated rings. The van der Waals surface area contributed by atoms with Crippen LogP contribution in [0.4, 0.5) is 0 Å². The second-order valence-electron chi connectivity index (χ2n) is 5.45. The van der Waals surface area contributed by atoms with Crippen LogP contribution in [0.2, 0.25) is 0 Å². The van der Waals surface area contributed by atoms with Gasteiger partial charge in [-0.3, -0.25) is 4.79 Å². The summed E-state index contributed by atoms with van der Waals surface area (Å²) in [5.41, 5.74) is 6.69. The summed E-state index contributed by atoms with van der Waals surface area (Å²) in [7, 11) is 0.